The Kier molecular flexibility index (Phi) is 4.74. The standard InChI is InChI=1S/C17H23N3O5/c1-16(2,3)12-6-5-11(9-13(12)20(24)25)18-15(23)19-8-7-17(4,10-19)14(21)22/h5-6,9H,7-8,10H2,1-4H3,(H,18,23)(H,21,22). The predicted molar refractivity (Wildman–Crippen MR) is 92.7 cm³/mol. The Morgan fingerprint density at radius 3 is 2.48 bits per heavy atom. The topological polar surface area (TPSA) is 113 Å². The molecule has 2 N–H and O–H groups in total. The number of nitrogens with zero attached hydrogens (tertiary/aromatic N) is 2. The number of amides is 2. The van der Waals surface area contributed by atoms with E-state index in [4.69, 9.17) is 0 Å². The molecule has 25 heavy (non-hydrogen) atoms. The average molecular weight is 349 g/mol. The number of anilines is 1. The number of nitrogens with one attached hydrogen (secondary N) is 1. The minimum absolute atomic E-state index is 0.0536. The van der Waals surface area contributed by atoms with Crippen molar-refractivity contribution in [1.82, 2.24) is 4.90 Å². The highest BCUT2D eigenvalue weighted by molar-refractivity contribution is 5.91. The number of aliphatic carboxylic acids is 1. The lowest BCUT2D eigenvalue weighted by molar-refractivity contribution is -0.385. The molecule has 1 saturated heterocycles. The molecular weight excluding hydrogens is 326 g/mol. The van der Waals surface area contributed by atoms with Crippen molar-refractivity contribution in [2.75, 3.05) is 18.4 Å². The number of hydrogen-bond acceptors (Lipinski definition) is 4. The minimum Gasteiger partial charge on any atom is -0.481 e. The molecule has 1 aromatic carbocycles. The fourth-order valence-corrected chi connectivity index (χ4v) is 2.91. The van der Waals surface area contributed by atoms with Crippen LogP contribution in [-0.4, -0.2) is 40.0 Å². The van der Waals surface area contributed by atoms with E-state index in [0.717, 1.165) is 0 Å². The van der Waals surface area contributed by atoms with Gasteiger partial charge in [-0.1, -0.05) is 20.8 Å². The fraction of sp³-hybridized carbons (Fsp3) is 0.529. The van der Waals surface area contributed by atoms with Crippen LogP contribution in [0, 0.1) is 15.5 Å². The zero-order valence-corrected chi connectivity index (χ0v) is 14.8. The molecule has 1 aliphatic rings. The Balaban J connectivity index is 2.18. The molecule has 0 aromatic heterocycles. The molecule has 8 heteroatoms. The summed E-state index contributed by atoms with van der Waals surface area (Å²) in [4.78, 5) is 35.9. The first-order valence-corrected chi connectivity index (χ1v) is 8.02. The van der Waals surface area contributed by atoms with Gasteiger partial charge in [0.2, 0.25) is 0 Å². The van der Waals surface area contributed by atoms with Crippen LogP contribution in [0.3, 0.4) is 0 Å². The Hall–Kier alpha value is -2.64. The second kappa shape index (κ2) is 6.34. The molecule has 1 aromatic rings. The van der Waals surface area contributed by atoms with Crippen molar-refractivity contribution in [1.29, 1.82) is 0 Å². The van der Waals surface area contributed by atoms with Gasteiger partial charge < -0.3 is 15.3 Å². The van der Waals surface area contributed by atoms with Gasteiger partial charge in [0.15, 0.2) is 0 Å². The highest BCUT2D eigenvalue weighted by Gasteiger charge is 2.42. The van der Waals surface area contributed by atoms with Crippen LogP contribution in [0.2, 0.25) is 0 Å². The lowest BCUT2D eigenvalue weighted by Crippen LogP contribution is -2.37. The zero-order valence-electron chi connectivity index (χ0n) is 14.8. The van der Waals surface area contributed by atoms with Gasteiger partial charge in [-0.05, 0) is 30.9 Å². The Labute approximate surface area is 146 Å². The summed E-state index contributed by atoms with van der Waals surface area (Å²) in [5.74, 6) is -0.937. The van der Waals surface area contributed by atoms with Crippen molar-refractivity contribution < 1.29 is 19.6 Å². The van der Waals surface area contributed by atoms with E-state index in [1.54, 1.807) is 19.1 Å². The quantitative estimate of drug-likeness (QED) is 0.642. The highest BCUT2D eigenvalue weighted by Crippen LogP contribution is 2.34. The lowest BCUT2D eigenvalue weighted by atomic mass is 9.85. The number of carboxylic acids is 1. The Morgan fingerprint density at radius 2 is 2.00 bits per heavy atom. The molecule has 1 unspecified atom stereocenters. The van der Waals surface area contributed by atoms with Crippen LogP contribution in [0.1, 0.15) is 39.7 Å². The Morgan fingerprint density at radius 1 is 1.36 bits per heavy atom. The van der Waals surface area contributed by atoms with Gasteiger partial charge in [0.25, 0.3) is 5.69 Å². The molecule has 2 amide bonds. The van der Waals surface area contributed by atoms with Crippen molar-refractivity contribution in [3.05, 3.63) is 33.9 Å². The molecule has 2 rings (SSSR count). The molecule has 1 heterocycles. The SMILES string of the molecule is CC1(C(=O)O)CCN(C(=O)Nc2ccc(C(C)(C)C)c([N+](=O)[O-])c2)C1. The summed E-state index contributed by atoms with van der Waals surface area (Å²) >= 11 is 0. The molecule has 0 spiro atoms. The maximum Gasteiger partial charge on any atom is 0.321 e. The number of benzene rings is 1. The van der Waals surface area contributed by atoms with Crippen molar-refractivity contribution in [2.24, 2.45) is 5.41 Å². The molecule has 0 saturated carbocycles. The van der Waals surface area contributed by atoms with E-state index in [-0.39, 0.29) is 12.2 Å². The van der Waals surface area contributed by atoms with E-state index in [9.17, 15) is 24.8 Å². The van der Waals surface area contributed by atoms with Gasteiger partial charge in [-0.15, -0.1) is 0 Å². The van der Waals surface area contributed by atoms with E-state index in [2.05, 4.69) is 5.32 Å². The number of likely N-dealkylation sites (tertiary alicyclic amines) is 1. The van der Waals surface area contributed by atoms with Crippen LogP contribution in [0.15, 0.2) is 18.2 Å². The molecule has 0 bridgehead atoms. The van der Waals surface area contributed by atoms with Crippen LogP contribution in [0.25, 0.3) is 0 Å². The zero-order chi connectivity index (χ0) is 19.0. The first-order valence-electron chi connectivity index (χ1n) is 8.02. The number of carbonyl (C=O) groups is 2. The Bertz CT molecular complexity index is 725. The van der Waals surface area contributed by atoms with Crippen LogP contribution < -0.4 is 5.32 Å². The molecular formula is C17H23N3O5. The molecule has 1 fully saturated rings. The van der Waals surface area contributed by atoms with Gasteiger partial charge in [0.1, 0.15) is 0 Å². The third-order valence-corrected chi connectivity index (χ3v) is 4.53. The van der Waals surface area contributed by atoms with E-state index in [0.29, 0.717) is 24.2 Å². The second-order valence-electron chi connectivity index (χ2n) is 7.71. The summed E-state index contributed by atoms with van der Waals surface area (Å²) in [7, 11) is 0. The summed E-state index contributed by atoms with van der Waals surface area (Å²) in [5.41, 5.74) is -0.520. The van der Waals surface area contributed by atoms with E-state index >= 15 is 0 Å². The lowest BCUT2D eigenvalue weighted by Gasteiger charge is -2.21. The number of carbonyl (C=O) groups excluding carboxylic acids is 1. The number of rotatable bonds is 3. The maximum absolute atomic E-state index is 12.3. The minimum atomic E-state index is -0.959. The second-order valence-corrected chi connectivity index (χ2v) is 7.71. The van der Waals surface area contributed by atoms with Crippen molar-refractivity contribution in [3.8, 4) is 0 Å². The van der Waals surface area contributed by atoms with Gasteiger partial charge in [-0.3, -0.25) is 14.9 Å². The van der Waals surface area contributed by atoms with Gasteiger partial charge in [0, 0.05) is 30.4 Å². The highest BCUT2D eigenvalue weighted by atomic mass is 16.6. The molecule has 1 aliphatic heterocycles. The van der Waals surface area contributed by atoms with Crippen LogP contribution >= 0.6 is 0 Å². The predicted octanol–water partition coefficient (Wildman–Crippen LogP) is 3.22. The van der Waals surface area contributed by atoms with Crippen molar-refractivity contribution >= 4 is 23.4 Å². The summed E-state index contributed by atoms with van der Waals surface area (Å²) < 4.78 is 0. The van der Waals surface area contributed by atoms with E-state index < -0.39 is 27.8 Å². The number of nitro groups is 1. The summed E-state index contributed by atoms with van der Waals surface area (Å²) in [5, 5.41) is 23.2. The van der Waals surface area contributed by atoms with E-state index in [1.165, 1.54) is 11.0 Å². The van der Waals surface area contributed by atoms with Gasteiger partial charge in [-0.2, -0.15) is 0 Å². The number of urea groups is 1. The number of carboxylic acid groups (broad SMARTS) is 1. The fourth-order valence-electron chi connectivity index (χ4n) is 2.91. The first-order chi connectivity index (χ1) is 11.4. The number of hydrogen-bond donors (Lipinski definition) is 2. The van der Waals surface area contributed by atoms with Gasteiger partial charge >= 0.3 is 12.0 Å². The van der Waals surface area contributed by atoms with Crippen LogP contribution in [-0.2, 0) is 10.2 Å². The van der Waals surface area contributed by atoms with Gasteiger partial charge in [0.05, 0.1) is 10.3 Å². The van der Waals surface area contributed by atoms with Gasteiger partial charge in [-0.25, -0.2) is 4.79 Å². The van der Waals surface area contributed by atoms with Crippen LogP contribution in [0.4, 0.5) is 16.2 Å². The molecule has 8 nitrogen and oxygen atoms in total. The number of nitro benzene ring substituents is 1. The molecule has 0 aliphatic carbocycles. The van der Waals surface area contributed by atoms with Crippen molar-refractivity contribution in [3.63, 3.8) is 0 Å². The summed E-state index contributed by atoms with van der Waals surface area (Å²) in [6, 6.07) is 4.14. The average Bonchev–Trinajstić information content (AvgIpc) is 2.90. The van der Waals surface area contributed by atoms with E-state index in [1.807, 2.05) is 20.8 Å². The van der Waals surface area contributed by atoms with Crippen LogP contribution in [0.5, 0.6) is 0 Å². The third-order valence-electron chi connectivity index (χ3n) is 4.53. The smallest absolute Gasteiger partial charge is 0.321 e. The third kappa shape index (κ3) is 3.89. The monoisotopic (exact) mass is 349 g/mol. The molecule has 0 radical (unpaired) electrons. The summed E-state index contributed by atoms with van der Waals surface area (Å²) in [6.07, 6.45) is 0.374. The molecule has 1 atom stereocenters. The largest absolute Gasteiger partial charge is 0.481 e. The van der Waals surface area contributed by atoms with Crippen molar-refractivity contribution in [2.45, 2.75) is 39.5 Å². The first kappa shape index (κ1) is 18.7. The summed E-state index contributed by atoms with van der Waals surface area (Å²) in [6.45, 7) is 7.68. The normalized spacial score (nSPS) is 20.4. The maximum atomic E-state index is 12.3. The molecule has 136 valence electrons.